The molecular weight excluding hydrogens is 179 g/mol. The first-order valence-corrected chi connectivity index (χ1v) is 5.18. The molecule has 0 amide bonds. The lowest BCUT2D eigenvalue weighted by Crippen LogP contribution is -2.48. The van der Waals surface area contributed by atoms with Crippen LogP contribution in [0.3, 0.4) is 0 Å². The van der Waals surface area contributed by atoms with Gasteiger partial charge in [-0.1, -0.05) is 0 Å². The van der Waals surface area contributed by atoms with Crippen LogP contribution in [0.2, 0.25) is 0 Å². The summed E-state index contributed by atoms with van der Waals surface area (Å²) in [4.78, 5) is 0. The number of rotatable bonds is 3. The van der Waals surface area contributed by atoms with Crippen molar-refractivity contribution in [3.05, 3.63) is 0 Å². The minimum absolute atomic E-state index is 0.103. The number of fused-ring (bicyclic) bond motifs is 2. The summed E-state index contributed by atoms with van der Waals surface area (Å²) in [6.45, 7) is 0.579. The van der Waals surface area contributed by atoms with Gasteiger partial charge in [-0.3, -0.25) is 0 Å². The summed E-state index contributed by atoms with van der Waals surface area (Å²) in [7, 11) is 9.37. The Balaban J connectivity index is 2.20. The van der Waals surface area contributed by atoms with Crippen LogP contribution in [-0.2, 0) is 14.2 Å². The second kappa shape index (κ2) is 3.84. The highest BCUT2D eigenvalue weighted by Gasteiger charge is 2.55. The molecule has 1 heterocycles. The van der Waals surface area contributed by atoms with Gasteiger partial charge in [-0.05, 0) is 19.3 Å². The van der Waals surface area contributed by atoms with Crippen LogP contribution in [0.5, 0.6) is 0 Å². The molecule has 2 aliphatic rings. The first-order valence-electron chi connectivity index (χ1n) is 5.18. The zero-order valence-corrected chi connectivity index (χ0v) is 8.86. The van der Waals surface area contributed by atoms with E-state index in [0.29, 0.717) is 12.5 Å². The van der Waals surface area contributed by atoms with E-state index < -0.39 is 0 Å². The fourth-order valence-corrected chi connectivity index (χ4v) is 2.96. The van der Waals surface area contributed by atoms with Gasteiger partial charge in [-0.2, -0.15) is 0 Å². The Morgan fingerprint density at radius 1 is 1.50 bits per heavy atom. The van der Waals surface area contributed by atoms with Crippen molar-refractivity contribution in [3.63, 3.8) is 0 Å². The summed E-state index contributed by atoms with van der Waals surface area (Å²) >= 11 is 0. The zero-order valence-electron chi connectivity index (χ0n) is 8.86. The van der Waals surface area contributed by atoms with E-state index in [-0.39, 0.29) is 17.7 Å². The van der Waals surface area contributed by atoms with Crippen LogP contribution in [-0.4, -0.2) is 46.4 Å². The normalized spacial score (nSPS) is 46.9. The van der Waals surface area contributed by atoms with E-state index in [4.69, 9.17) is 22.1 Å². The third-order valence-corrected chi connectivity index (χ3v) is 3.48. The predicted molar refractivity (Wildman–Crippen MR) is 53.4 cm³/mol. The van der Waals surface area contributed by atoms with E-state index in [0.717, 1.165) is 19.3 Å². The number of hydrogen-bond donors (Lipinski definition) is 0. The van der Waals surface area contributed by atoms with Crippen molar-refractivity contribution in [1.29, 1.82) is 0 Å². The Hall–Kier alpha value is -0.0551. The quantitative estimate of drug-likeness (QED) is 0.622. The van der Waals surface area contributed by atoms with Crippen molar-refractivity contribution in [2.24, 2.45) is 5.92 Å². The molecule has 2 radical (unpaired) electrons. The minimum Gasteiger partial charge on any atom is -0.382 e. The van der Waals surface area contributed by atoms with Crippen LogP contribution in [0.25, 0.3) is 0 Å². The highest BCUT2D eigenvalue weighted by molar-refractivity contribution is 6.11. The van der Waals surface area contributed by atoms with Crippen molar-refractivity contribution in [2.45, 2.75) is 37.0 Å². The van der Waals surface area contributed by atoms with Gasteiger partial charge < -0.3 is 14.2 Å². The van der Waals surface area contributed by atoms with Crippen molar-refractivity contribution in [2.75, 3.05) is 20.8 Å². The van der Waals surface area contributed by atoms with E-state index >= 15 is 0 Å². The number of ether oxygens (including phenoxy) is 3. The Kier molecular flexibility index (Phi) is 2.87. The van der Waals surface area contributed by atoms with E-state index in [9.17, 15) is 0 Å². The Morgan fingerprint density at radius 3 is 2.93 bits per heavy atom. The van der Waals surface area contributed by atoms with Gasteiger partial charge in [-0.25, -0.2) is 0 Å². The molecule has 4 atom stereocenters. The average Bonchev–Trinajstić information content (AvgIpc) is 2.30. The van der Waals surface area contributed by atoms with Crippen LogP contribution >= 0.6 is 0 Å². The maximum atomic E-state index is 5.94. The van der Waals surface area contributed by atoms with Gasteiger partial charge in [0.05, 0.1) is 12.7 Å². The molecular formula is C10H17BO3. The van der Waals surface area contributed by atoms with Gasteiger partial charge >= 0.3 is 0 Å². The summed E-state index contributed by atoms with van der Waals surface area (Å²) in [5, 5.41) is 0. The summed E-state index contributed by atoms with van der Waals surface area (Å²) < 4.78 is 16.6. The second-order valence-electron chi connectivity index (χ2n) is 4.29. The molecule has 78 valence electrons. The van der Waals surface area contributed by atoms with Crippen LogP contribution in [0.1, 0.15) is 19.3 Å². The van der Waals surface area contributed by atoms with Gasteiger partial charge in [-0.15, -0.1) is 0 Å². The molecule has 0 spiro atoms. The van der Waals surface area contributed by atoms with Crippen LogP contribution < -0.4 is 0 Å². The Morgan fingerprint density at radius 2 is 2.29 bits per heavy atom. The standard InChI is InChI=1S/C10H17BO3/c1-12-6-10-5-3-4-7(8(10)13-2)9(11)14-10/h7-9H,3-6H2,1-2H3. The summed E-state index contributed by atoms with van der Waals surface area (Å²) in [6, 6.07) is -0.183. The maximum absolute atomic E-state index is 5.94. The number of hydrogen-bond acceptors (Lipinski definition) is 3. The van der Waals surface area contributed by atoms with Gasteiger partial charge in [0.2, 0.25) is 0 Å². The van der Waals surface area contributed by atoms with Crippen LogP contribution in [0.4, 0.5) is 0 Å². The molecule has 1 saturated heterocycles. The molecule has 2 fully saturated rings. The van der Waals surface area contributed by atoms with Gasteiger partial charge in [0, 0.05) is 26.1 Å². The second-order valence-corrected chi connectivity index (χ2v) is 4.29. The molecule has 0 aromatic carbocycles. The Bertz CT molecular complexity index is 208. The smallest absolute Gasteiger partial charge is 0.117 e. The third kappa shape index (κ3) is 1.40. The van der Waals surface area contributed by atoms with Crippen molar-refractivity contribution in [1.82, 2.24) is 0 Å². The maximum Gasteiger partial charge on any atom is 0.117 e. The topological polar surface area (TPSA) is 27.7 Å². The number of methoxy groups -OCH3 is 2. The molecule has 1 aliphatic carbocycles. The lowest BCUT2D eigenvalue weighted by molar-refractivity contribution is -0.128. The van der Waals surface area contributed by atoms with Crippen molar-refractivity contribution >= 4 is 7.85 Å². The molecule has 0 N–H and O–H groups in total. The minimum atomic E-state index is -0.286. The fourth-order valence-electron chi connectivity index (χ4n) is 2.96. The molecule has 3 nitrogen and oxygen atoms in total. The van der Waals surface area contributed by atoms with Crippen molar-refractivity contribution in [3.8, 4) is 0 Å². The average molecular weight is 196 g/mol. The van der Waals surface area contributed by atoms with Gasteiger partial charge in [0.15, 0.2) is 0 Å². The summed E-state index contributed by atoms with van der Waals surface area (Å²) in [5.74, 6) is 0.337. The first-order chi connectivity index (χ1) is 6.73. The molecule has 14 heavy (non-hydrogen) atoms. The van der Waals surface area contributed by atoms with E-state index in [1.54, 1.807) is 14.2 Å². The van der Waals surface area contributed by atoms with Gasteiger partial charge in [0.25, 0.3) is 0 Å². The van der Waals surface area contributed by atoms with Crippen LogP contribution in [0.15, 0.2) is 0 Å². The molecule has 4 heteroatoms. The van der Waals surface area contributed by atoms with Gasteiger partial charge in [0.1, 0.15) is 13.4 Å². The Labute approximate surface area is 86.5 Å². The lowest BCUT2D eigenvalue weighted by atomic mass is 9.73. The van der Waals surface area contributed by atoms with E-state index in [1.807, 2.05) is 0 Å². The molecule has 2 rings (SSSR count). The summed E-state index contributed by atoms with van der Waals surface area (Å²) in [5.41, 5.74) is -0.286. The van der Waals surface area contributed by atoms with E-state index in [1.165, 1.54) is 0 Å². The molecule has 0 aromatic rings. The molecule has 1 aliphatic heterocycles. The first kappa shape index (κ1) is 10.5. The molecule has 4 unspecified atom stereocenters. The molecule has 0 aromatic heterocycles. The van der Waals surface area contributed by atoms with Crippen molar-refractivity contribution < 1.29 is 14.2 Å². The highest BCUT2D eigenvalue weighted by Crippen LogP contribution is 2.46. The SMILES string of the molecule is [B]C1OC2(COC)CCCC1C2OC. The molecule has 1 saturated carbocycles. The van der Waals surface area contributed by atoms with Crippen LogP contribution in [0, 0.1) is 5.92 Å². The fraction of sp³-hybridized carbons (Fsp3) is 1.00. The predicted octanol–water partition coefficient (Wildman–Crippen LogP) is 0.711. The monoisotopic (exact) mass is 196 g/mol. The van der Waals surface area contributed by atoms with E-state index in [2.05, 4.69) is 0 Å². The zero-order chi connectivity index (χ0) is 10.2. The lowest BCUT2D eigenvalue weighted by Gasteiger charge is -2.37. The third-order valence-electron chi connectivity index (χ3n) is 3.48. The highest BCUT2D eigenvalue weighted by atomic mass is 16.6. The largest absolute Gasteiger partial charge is 0.382 e. The molecule has 2 bridgehead atoms. The summed E-state index contributed by atoms with van der Waals surface area (Å²) in [6.07, 6.45) is 3.35.